The smallest absolute Gasteiger partial charge is 0.158 e. The van der Waals surface area contributed by atoms with Gasteiger partial charge in [-0.05, 0) is 20.2 Å². The summed E-state index contributed by atoms with van der Waals surface area (Å²) in [6, 6.07) is 4.00. The molecule has 3 heterocycles. The van der Waals surface area contributed by atoms with Crippen molar-refractivity contribution < 1.29 is 4.39 Å². The van der Waals surface area contributed by atoms with Gasteiger partial charge >= 0.3 is 0 Å². The SMILES string of the molecule is CN(C)CC1(F)CN(c2ccn3ccnc3c2)C1. The lowest BCUT2D eigenvalue weighted by atomic mass is 9.95. The van der Waals surface area contributed by atoms with Crippen molar-refractivity contribution in [1.29, 1.82) is 0 Å². The van der Waals surface area contributed by atoms with Gasteiger partial charge in [0, 0.05) is 36.9 Å². The third-order valence-corrected chi connectivity index (χ3v) is 3.29. The Balaban J connectivity index is 1.74. The van der Waals surface area contributed by atoms with Gasteiger partial charge in [-0.3, -0.25) is 0 Å². The molecule has 0 atom stereocenters. The van der Waals surface area contributed by atoms with Crippen LogP contribution in [0.25, 0.3) is 5.65 Å². The lowest BCUT2D eigenvalue weighted by Crippen LogP contribution is -2.63. The van der Waals surface area contributed by atoms with E-state index in [1.807, 2.05) is 47.9 Å². The lowest BCUT2D eigenvalue weighted by molar-refractivity contribution is 0.0839. The first-order valence-electron chi connectivity index (χ1n) is 6.07. The molecule has 1 aliphatic rings. The first-order chi connectivity index (χ1) is 8.56. The van der Waals surface area contributed by atoms with Gasteiger partial charge in [0.1, 0.15) is 5.65 Å². The van der Waals surface area contributed by atoms with E-state index in [2.05, 4.69) is 9.88 Å². The fourth-order valence-electron chi connectivity index (χ4n) is 2.58. The van der Waals surface area contributed by atoms with Crippen LogP contribution >= 0.6 is 0 Å². The van der Waals surface area contributed by atoms with E-state index in [4.69, 9.17) is 0 Å². The molecule has 2 aromatic rings. The molecular weight excluding hydrogens is 231 g/mol. The Labute approximate surface area is 106 Å². The average molecular weight is 248 g/mol. The molecule has 96 valence electrons. The number of fused-ring (bicyclic) bond motifs is 1. The molecule has 0 N–H and O–H groups in total. The van der Waals surface area contributed by atoms with Crippen LogP contribution in [0.15, 0.2) is 30.7 Å². The zero-order valence-electron chi connectivity index (χ0n) is 10.7. The van der Waals surface area contributed by atoms with Crippen molar-refractivity contribution in [2.24, 2.45) is 0 Å². The molecule has 5 heteroatoms. The quantitative estimate of drug-likeness (QED) is 0.821. The van der Waals surface area contributed by atoms with Crippen LogP contribution in [0.1, 0.15) is 0 Å². The third-order valence-electron chi connectivity index (χ3n) is 3.29. The Morgan fingerprint density at radius 3 is 2.89 bits per heavy atom. The van der Waals surface area contributed by atoms with Crippen LogP contribution in [-0.2, 0) is 0 Å². The first kappa shape index (κ1) is 11.5. The van der Waals surface area contributed by atoms with Crippen LogP contribution < -0.4 is 4.90 Å². The molecule has 0 saturated carbocycles. The zero-order valence-corrected chi connectivity index (χ0v) is 10.7. The molecule has 4 nitrogen and oxygen atoms in total. The second kappa shape index (κ2) is 3.95. The molecule has 18 heavy (non-hydrogen) atoms. The number of rotatable bonds is 3. The maximum absolute atomic E-state index is 14.2. The van der Waals surface area contributed by atoms with Crippen LogP contribution in [0.4, 0.5) is 10.1 Å². The summed E-state index contributed by atoms with van der Waals surface area (Å²) in [5.74, 6) is 0. The van der Waals surface area contributed by atoms with Gasteiger partial charge in [-0.25, -0.2) is 9.37 Å². The van der Waals surface area contributed by atoms with Crippen LogP contribution in [0, 0.1) is 0 Å². The summed E-state index contributed by atoms with van der Waals surface area (Å²) in [5, 5.41) is 0. The minimum absolute atomic E-state index is 0.460. The third kappa shape index (κ3) is 1.95. The van der Waals surface area contributed by atoms with Crippen molar-refractivity contribution in [3.05, 3.63) is 30.7 Å². The van der Waals surface area contributed by atoms with Gasteiger partial charge in [0.2, 0.25) is 0 Å². The number of pyridine rings is 1. The number of halogens is 1. The van der Waals surface area contributed by atoms with Gasteiger partial charge in [0.25, 0.3) is 0 Å². The van der Waals surface area contributed by atoms with Crippen LogP contribution in [-0.4, -0.2) is 53.7 Å². The molecule has 1 aliphatic heterocycles. The van der Waals surface area contributed by atoms with Gasteiger partial charge in [-0.1, -0.05) is 0 Å². The second-order valence-corrected chi connectivity index (χ2v) is 5.32. The molecule has 0 aliphatic carbocycles. The van der Waals surface area contributed by atoms with Crippen molar-refractivity contribution in [3.8, 4) is 0 Å². The molecule has 3 rings (SSSR count). The summed E-state index contributed by atoms with van der Waals surface area (Å²) >= 11 is 0. The Morgan fingerprint density at radius 2 is 2.17 bits per heavy atom. The van der Waals surface area contributed by atoms with Gasteiger partial charge in [-0.2, -0.15) is 0 Å². The maximum atomic E-state index is 14.2. The fraction of sp³-hybridized carbons (Fsp3) is 0.462. The van der Waals surface area contributed by atoms with Gasteiger partial charge in [0.05, 0.1) is 13.1 Å². The van der Waals surface area contributed by atoms with Crippen molar-refractivity contribution >= 4 is 11.3 Å². The van der Waals surface area contributed by atoms with E-state index in [1.54, 1.807) is 6.20 Å². The highest BCUT2D eigenvalue weighted by atomic mass is 19.1. The Bertz CT molecular complexity index is 557. The lowest BCUT2D eigenvalue weighted by Gasteiger charge is -2.47. The maximum Gasteiger partial charge on any atom is 0.158 e. The standard InChI is InChI=1S/C13H17FN4/c1-16(2)8-13(14)9-18(10-13)11-3-5-17-6-4-15-12(17)7-11/h3-7H,8-10H2,1-2H3. The van der Waals surface area contributed by atoms with Crippen LogP contribution in [0.3, 0.4) is 0 Å². The minimum Gasteiger partial charge on any atom is -0.365 e. The van der Waals surface area contributed by atoms with Crippen molar-refractivity contribution in [1.82, 2.24) is 14.3 Å². The van der Waals surface area contributed by atoms with E-state index < -0.39 is 5.67 Å². The molecule has 1 fully saturated rings. The molecule has 0 bridgehead atoms. The molecule has 1 saturated heterocycles. The van der Waals surface area contributed by atoms with E-state index in [-0.39, 0.29) is 0 Å². The number of hydrogen-bond donors (Lipinski definition) is 0. The van der Waals surface area contributed by atoms with E-state index in [0.29, 0.717) is 19.6 Å². The molecule has 0 aromatic carbocycles. The van der Waals surface area contributed by atoms with Crippen LogP contribution in [0.5, 0.6) is 0 Å². The minimum atomic E-state index is -1.08. The largest absolute Gasteiger partial charge is 0.365 e. The summed E-state index contributed by atoms with van der Waals surface area (Å²) in [5.41, 5.74) is 0.864. The molecule has 2 aromatic heterocycles. The first-order valence-corrected chi connectivity index (χ1v) is 6.07. The Hall–Kier alpha value is -1.62. The van der Waals surface area contributed by atoms with Gasteiger partial charge in [-0.15, -0.1) is 0 Å². The summed E-state index contributed by atoms with van der Waals surface area (Å²) in [6.45, 7) is 1.40. The van der Waals surface area contributed by atoms with Crippen molar-refractivity contribution in [3.63, 3.8) is 0 Å². The monoisotopic (exact) mass is 248 g/mol. The summed E-state index contributed by atoms with van der Waals surface area (Å²) < 4.78 is 16.2. The fourth-order valence-corrected chi connectivity index (χ4v) is 2.58. The number of nitrogens with zero attached hydrogens (tertiary/aromatic N) is 4. The molecular formula is C13H17FN4. The summed E-state index contributed by atoms with van der Waals surface area (Å²) in [7, 11) is 3.81. The molecule has 0 spiro atoms. The number of anilines is 1. The number of aromatic nitrogens is 2. The van der Waals surface area contributed by atoms with Gasteiger partial charge in [0.15, 0.2) is 5.67 Å². The summed E-state index contributed by atoms with van der Waals surface area (Å²) in [6.07, 6.45) is 5.63. The highest BCUT2D eigenvalue weighted by Gasteiger charge is 2.43. The number of imidazole rings is 1. The normalized spacial score (nSPS) is 18.3. The topological polar surface area (TPSA) is 23.8 Å². The molecule has 0 unspecified atom stereocenters. The van der Waals surface area contributed by atoms with Gasteiger partial charge < -0.3 is 14.2 Å². The second-order valence-electron chi connectivity index (χ2n) is 5.32. The Morgan fingerprint density at radius 1 is 1.39 bits per heavy atom. The highest BCUT2D eigenvalue weighted by molar-refractivity contribution is 5.58. The highest BCUT2D eigenvalue weighted by Crippen LogP contribution is 2.31. The number of alkyl halides is 1. The predicted octanol–water partition coefficient (Wildman–Crippen LogP) is 1.42. The summed E-state index contributed by atoms with van der Waals surface area (Å²) in [4.78, 5) is 8.19. The predicted molar refractivity (Wildman–Crippen MR) is 69.8 cm³/mol. The van der Waals surface area contributed by atoms with E-state index in [1.165, 1.54) is 0 Å². The Kier molecular flexibility index (Phi) is 2.52. The van der Waals surface area contributed by atoms with Crippen molar-refractivity contribution in [2.45, 2.75) is 5.67 Å². The van der Waals surface area contributed by atoms with Crippen LogP contribution in [0.2, 0.25) is 0 Å². The number of hydrogen-bond acceptors (Lipinski definition) is 3. The average Bonchev–Trinajstić information content (AvgIpc) is 2.71. The van der Waals surface area contributed by atoms with E-state index in [9.17, 15) is 4.39 Å². The van der Waals surface area contributed by atoms with Crippen molar-refractivity contribution in [2.75, 3.05) is 38.6 Å². The zero-order chi connectivity index (χ0) is 12.8. The molecule has 0 amide bonds. The van der Waals surface area contributed by atoms with E-state index in [0.717, 1.165) is 11.3 Å². The molecule has 0 radical (unpaired) electrons. The van der Waals surface area contributed by atoms with E-state index >= 15 is 0 Å².